The van der Waals surface area contributed by atoms with E-state index in [0.29, 0.717) is 23.0 Å². The third kappa shape index (κ3) is 2.95. The van der Waals surface area contributed by atoms with E-state index in [2.05, 4.69) is 27.9 Å². The van der Waals surface area contributed by atoms with E-state index in [1.807, 2.05) is 26.8 Å². The van der Waals surface area contributed by atoms with E-state index < -0.39 is 0 Å². The summed E-state index contributed by atoms with van der Waals surface area (Å²) in [7, 11) is 0. The summed E-state index contributed by atoms with van der Waals surface area (Å²) in [6.45, 7) is 7.96. The fourth-order valence-electron chi connectivity index (χ4n) is 2.57. The molecule has 0 saturated heterocycles. The molecule has 0 spiro atoms. The van der Waals surface area contributed by atoms with E-state index in [9.17, 15) is 5.26 Å². The van der Waals surface area contributed by atoms with Crippen LogP contribution in [0, 0.1) is 39.0 Å². The van der Waals surface area contributed by atoms with Gasteiger partial charge in [0.25, 0.3) is 0 Å². The van der Waals surface area contributed by atoms with E-state index in [-0.39, 0.29) is 0 Å². The Morgan fingerprint density at radius 2 is 1.96 bits per heavy atom. The highest BCUT2D eigenvalue weighted by atomic mass is 32.2. The summed E-state index contributed by atoms with van der Waals surface area (Å²) < 4.78 is 0. The molecule has 0 aromatic carbocycles. The summed E-state index contributed by atoms with van der Waals surface area (Å²) >= 11 is 3.10. The first kappa shape index (κ1) is 16.7. The summed E-state index contributed by atoms with van der Waals surface area (Å²) in [6, 6.07) is 4.15. The van der Waals surface area contributed by atoms with Crippen molar-refractivity contribution in [2.24, 2.45) is 0 Å². The number of nitrogens with zero attached hydrogens (tertiary/aromatic N) is 4. The van der Waals surface area contributed by atoms with Crippen molar-refractivity contribution in [1.29, 1.82) is 5.26 Å². The lowest BCUT2D eigenvalue weighted by molar-refractivity contribution is 1.02. The molecule has 122 valence electrons. The molecule has 0 saturated carbocycles. The lowest BCUT2D eigenvalue weighted by Crippen LogP contribution is -2.00. The SMILES string of the molecule is Cc1cc(C)c(C#N)c(SCc2nc(N)c3c(C)c(C)sc3n2)n1. The van der Waals surface area contributed by atoms with Gasteiger partial charge in [0, 0.05) is 10.6 Å². The zero-order valence-corrected chi connectivity index (χ0v) is 15.6. The van der Waals surface area contributed by atoms with Gasteiger partial charge in [-0.2, -0.15) is 5.26 Å². The number of aryl methyl sites for hydroxylation is 4. The van der Waals surface area contributed by atoms with E-state index in [1.165, 1.54) is 16.6 Å². The van der Waals surface area contributed by atoms with E-state index in [4.69, 9.17) is 5.73 Å². The number of hydrogen-bond acceptors (Lipinski definition) is 7. The van der Waals surface area contributed by atoms with Crippen molar-refractivity contribution in [2.75, 3.05) is 5.73 Å². The first-order chi connectivity index (χ1) is 11.4. The number of fused-ring (bicyclic) bond motifs is 1. The molecule has 0 amide bonds. The largest absolute Gasteiger partial charge is 0.383 e. The Kier molecular flexibility index (Phi) is 4.43. The van der Waals surface area contributed by atoms with E-state index in [1.54, 1.807) is 11.3 Å². The highest BCUT2D eigenvalue weighted by Crippen LogP contribution is 2.33. The van der Waals surface area contributed by atoms with Gasteiger partial charge in [-0.3, -0.25) is 0 Å². The van der Waals surface area contributed by atoms with Gasteiger partial charge in [-0.05, 0) is 44.9 Å². The number of aromatic nitrogens is 3. The predicted molar refractivity (Wildman–Crippen MR) is 99.3 cm³/mol. The number of rotatable bonds is 3. The molecule has 0 fully saturated rings. The molecule has 0 aliphatic heterocycles. The molecule has 24 heavy (non-hydrogen) atoms. The summed E-state index contributed by atoms with van der Waals surface area (Å²) in [5.74, 6) is 1.71. The molecule has 7 heteroatoms. The second-order valence-corrected chi connectivity index (χ2v) is 7.82. The Morgan fingerprint density at radius 3 is 2.67 bits per heavy atom. The third-order valence-corrected chi connectivity index (χ3v) is 5.94. The van der Waals surface area contributed by atoms with Crippen LogP contribution < -0.4 is 5.73 Å². The van der Waals surface area contributed by atoms with Gasteiger partial charge in [-0.1, -0.05) is 11.8 Å². The van der Waals surface area contributed by atoms with Gasteiger partial charge in [-0.15, -0.1) is 11.3 Å². The number of nitriles is 1. The quantitative estimate of drug-likeness (QED) is 0.713. The monoisotopic (exact) mass is 355 g/mol. The van der Waals surface area contributed by atoms with Crippen molar-refractivity contribution < 1.29 is 0 Å². The van der Waals surface area contributed by atoms with Crippen molar-refractivity contribution in [3.8, 4) is 6.07 Å². The minimum atomic E-state index is 0.520. The molecule has 3 heterocycles. The van der Waals surface area contributed by atoms with Gasteiger partial charge >= 0.3 is 0 Å². The maximum absolute atomic E-state index is 9.35. The van der Waals surface area contributed by atoms with Crippen LogP contribution in [0.4, 0.5) is 5.82 Å². The number of nitrogens with two attached hydrogens (primary N) is 1. The molecule has 5 nitrogen and oxygen atoms in total. The zero-order valence-electron chi connectivity index (χ0n) is 14.0. The average Bonchev–Trinajstić information content (AvgIpc) is 2.80. The molecule has 0 aliphatic rings. The Morgan fingerprint density at radius 1 is 1.21 bits per heavy atom. The van der Waals surface area contributed by atoms with Crippen LogP contribution in [0.5, 0.6) is 0 Å². The van der Waals surface area contributed by atoms with Gasteiger partial charge < -0.3 is 5.73 Å². The summed E-state index contributed by atoms with van der Waals surface area (Å²) in [4.78, 5) is 15.7. The molecule has 3 aromatic heterocycles. The van der Waals surface area contributed by atoms with Crippen molar-refractivity contribution in [3.05, 3.63) is 39.2 Å². The van der Waals surface area contributed by atoms with Crippen LogP contribution in [0.2, 0.25) is 0 Å². The first-order valence-corrected chi connectivity index (χ1v) is 9.24. The standard InChI is InChI=1S/C17H17N5S2/c1-8-5-9(2)20-16(12(8)6-18)23-7-13-21-15(19)14-10(3)11(4)24-17(14)22-13/h5H,7H2,1-4H3,(H2,19,21,22). The lowest BCUT2D eigenvalue weighted by atomic mass is 10.1. The molecule has 3 aromatic rings. The van der Waals surface area contributed by atoms with Crippen LogP contribution in [0.15, 0.2) is 11.1 Å². The lowest BCUT2D eigenvalue weighted by Gasteiger charge is -2.07. The number of hydrogen-bond donors (Lipinski definition) is 1. The number of thiophene rings is 1. The van der Waals surface area contributed by atoms with Gasteiger partial charge in [0.15, 0.2) is 0 Å². The number of anilines is 1. The van der Waals surface area contributed by atoms with Crippen molar-refractivity contribution in [2.45, 2.75) is 38.5 Å². The summed E-state index contributed by atoms with van der Waals surface area (Å²) in [6.07, 6.45) is 0. The molecular weight excluding hydrogens is 338 g/mol. The van der Waals surface area contributed by atoms with Crippen molar-refractivity contribution in [3.63, 3.8) is 0 Å². The highest BCUT2D eigenvalue weighted by Gasteiger charge is 2.14. The number of pyridine rings is 1. The topological polar surface area (TPSA) is 88.5 Å². The molecule has 0 radical (unpaired) electrons. The van der Waals surface area contributed by atoms with Crippen molar-refractivity contribution in [1.82, 2.24) is 15.0 Å². The smallest absolute Gasteiger partial charge is 0.142 e. The Hall–Kier alpha value is -2.17. The summed E-state index contributed by atoms with van der Waals surface area (Å²) in [5, 5.41) is 11.0. The Bertz CT molecular complexity index is 985. The molecule has 0 bridgehead atoms. The average molecular weight is 355 g/mol. The van der Waals surface area contributed by atoms with Crippen LogP contribution in [0.3, 0.4) is 0 Å². The van der Waals surface area contributed by atoms with Gasteiger partial charge in [0.2, 0.25) is 0 Å². The predicted octanol–water partition coefficient (Wildman–Crippen LogP) is 4.07. The van der Waals surface area contributed by atoms with Crippen LogP contribution in [-0.2, 0) is 5.75 Å². The second kappa shape index (κ2) is 6.38. The Labute approximate surface area is 149 Å². The van der Waals surface area contributed by atoms with Crippen LogP contribution in [-0.4, -0.2) is 15.0 Å². The van der Waals surface area contributed by atoms with Gasteiger partial charge in [0.1, 0.15) is 27.6 Å². The highest BCUT2D eigenvalue weighted by molar-refractivity contribution is 7.98. The first-order valence-electron chi connectivity index (χ1n) is 7.44. The Balaban J connectivity index is 1.93. The maximum atomic E-state index is 9.35. The molecule has 0 atom stereocenters. The zero-order chi connectivity index (χ0) is 17.4. The minimum absolute atomic E-state index is 0.520. The second-order valence-electron chi connectivity index (χ2n) is 5.65. The van der Waals surface area contributed by atoms with Gasteiger partial charge in [0.05, 0.1) is 16.7 Å². The van der Waals surface area contributed by atoms with Crippen molar-refractivity contribution >= 4 is 39.1 Å². The van der Waals surface area contributed by atoms with Crippen LogP contribution >= 0.6 is 23.1 Å². The normalized spacial score (nSPS) is 11.0. The maximum Gasteiger partial charge on any atom is 0.142 e. The summed E-state index contributed by atoms with van der Waals surface area (Å²) in [5.41, 5.74) is 9.72. The number of nitrogen functional groups attached to an aromatic ring is 1. The molecule has 3 rings (SSSR count). The molecule has 0 unspecified atom stereocenters. The van der Waals surface area contributed by atoms with E-state index in [0.717, 1.165) is 32.1 Å². The fraction of sp³-hybridized carbons (Fsp3) is 0.294. The third-order valence-electron chi connectivity index (χ3n) is 3.86. The van der Waals surface area contributed by atoms with Crippen LogP contribution in [0.1, 0.15) is 33.1 Å². The van der Waals surface area contributed by atoms with E-state index >= 15 is 0 Å². The number of thioether (sulfide) groups is 1. The fourth-order valence-corrected chi connectivity index (χ4v) is 4.58. The molecular formula is C17H17N5S2. The molecule has 0 aliphatic carbocycles. The molecule has 2 N–H and O–H groups in total. The van der Waals surface area contributed by atoms with Gasteiger partial charge in [-0.25, -0.2) is 15.0 Å². The van der Waals surface area contributed by atoms with Crippen LogP contribution in [0.25, 0.3) is 10.2 Å². The minimum Gasteiger partial charge on any atom is -0.383 e.